The molecule has 6 heteroatoms. The molecule has 0 saturated carbocycles. The van der Waals surface area contributed by atoms with E-state index in [0.717, 1.165) is 34.4 Å². The molecule has 1 spiro atoms. The summed E-state index contributed by atoms with van der Waals surface area (Å²) in [7, 11) is 0. The number of ether oxygens (including phenoxy) is 1. The molecule has 0 aromatic heterocycles. The largest absolute Gasteiger partial charge is 0.491 e. The van der Waals surface area contributed by atoms with Crippen LogP contribution in [0, 0.1) is 6.92 Å². The highest BCUT2D eigenvalue weighted by Gasteiger charge is 2.54. The Hall–Kier alpha value is -2.86. The number of nitrogens with one attached hydrogen (secondary N) is 1. The molecular weight excluding hydrogens is 356 g/mol. The number of hydrogen-bond donors (Lipinski definition) is 2. The highest BCUT2D eigenvalue weighted by atomic mass is 16.5. The number of benzene rings is 2. The Bertz CT molecular complexity index is 896. The molecular formula is C22H24N2O4. The van der Waals surface area contributed by atoms with Gasteiger partial charge in [0.25, 0.3) is 5.91 Å². The van der Waals surface area contributed by atoms with E-state index < -0.39 is 17.7 Å². The summed E-state index contributed by atoms with van der Waals surface area (Å²) in [4.78, 5) is 26.9. The van der Waals surface area contributed by atoms with E-state index in [2.05, 4.69) is 5.32 Å². The third-order valence-electron chi connectivity index (χ3n) is 5.51. The normalized spacial score (nSPS) is 22.1. The molecule has 1 heterocycles. The summed E-state index contributed by atoms with van der Waals surface area (Å²) in [6, 6.07) is 14.8. The molecule has 1 aliphatic carbocycles. The maximum atomic E-state index is 13.2. The summed E-state index contributed by atoms with van der Waals surface area (Å²) < 4.78 is 5.58. The number of β-amino-alcohol motifs (C(OH)–C–C–N with tert-alkyl or cyclic N) is 1. The van der Waals surface area contributed by atoms with Gasteiger partial charge in [-0.05, 0) is 49.4 Å². The Morgan fingerprint density at radius 2 is 1.93 bits per heavy atom. The highest BCUT2D eigenvalue weighted by Crippen LogP contribution is 2.39. The van der Waals surface area contributed by atoms with Crippen LogP contribution >= 0.6 is 0 Å². The number of carbonyl (C=O) groups excluding carboxylic acids is 2. The quantitative estimate of drug-likeness (QED) is 0.782. The molecule has 2 aromatic rings. The maximum absolute atomic E-state index is 13.2. The van der Waals surface area contributed by atoms with E-state index >= 15 is 0 Å². The summed E-state index contributed by atoms with van der Waals surface area (Å²) in [5.41, 5.74) is 2.06. The summed E-state index contributed by atoms with van der Waals surface area (Å²) >= 11 is 0. The summed E-state index contributed by atoms with van der Waals surface area (Å²) in [6.45, 7) is 1.89. The molecule has 28 heavy (non-hydrogen) atoms. The van der Waals surface area contributed by atoms with Crippen LogP contribution in [0.25, 0.3) is 0 Å². The zero-order chi connectivity index (χ0) is 19.7. The van der Waals surface area contributed by atoms with Gasteiger partial charge < -0.3 is 15.2 Å². The molecule has 2 aliphatic rings. The van der Waals surface area contributed by atoms with Crippen LogP contribution in [0.5, 0.6) is 5.75 Å². The first kappa shape index (κ1) is 18.5. The molecule has 146 valence electrons. The average Bonchev–Trinajstić information content (AvgIpc) is 2.93. The van der Waals surface area contributed by atoms with Gasteiger partial charge >= 0.3 is 6.03 Å². The van der Waals surface area contributed by atoms with Crippen molar-refractivity contribution in [3.8, 4) is 5.75 Å². The Kier molecular flexibility index (Phi) is 4.81. The minimum Gasteiger partial charge on any atom is -0.491 e. The molecule has 0 bridgehead atoms. The number of imide groups is 1. The zero-order valence-electron chi connectivity index (χ0n) is 15.9. The van der Waals surface area contributed by atoms with Crippen LogP contribution in [0.3, 0.4) is 0 Å². The van der Waals surface area contributed by atoms with E-state index in [-0.39, 0.29) is 19.1 Å². The van der Waals surface area contributed by atoms with Crippen molar-refractivity contribution in [3.05, 3.63) is 65.2 Å². The van der Waals surface area contributed by atoms with Gasteiger partial charge in [-0.3, -0.25) is 9.69 Å². The van der Waals surface area contributed by atoms with E-state index in [9.17, 15) is 14.7 Å². The lowest BCUT2D eigenvalue weighted by Gasteiger charge is -2.33. The molecule has 2 N–H and O–H groups in total. The van der Waals surface area contributed by atoms with E-state index in [1.54, 1.807) is 0 Å². The molecule has 2 atom stereocenters. The van der Waals surface area contributed by atoms with E-state index in [1.165, 1.54) is 0 Å². The van der Waals surface area contributed by atoms with Crippen LogP contribution in [0.2, 0.25) is 0 Å². The standard InChI is InChI=1S/C22H24N2O4/c1-15-8-10-18(11-9-15)28-14-17(25)13-24-20(26)22(23-21(24)27)12-4-6-16-5-2-3-7-19(16)22/h2-3,5,7-11,17,25H,4,6,12-14H2,1H3,(H,23,27)/t17-,22+/m1/s1. The first-order valence-electron chi connectivity index (χ1n) is 9.60. The topological polar surface area (TPSA) is 78.9 Å². The van der Waals surface area contributed by atoms with Gasteiger partial charge in [-0.2, -0.15) is 0 Å². The molecule has 1 saturated heterocycles. The third-order valence-corrected chi connectivity index (χ3v) is 5.51. The van der Waals surface area contributed by atoms with Crippen molar-refractivity contribution in [2.24, 2.45) is 0 Å². The number of carbonyl (C=O) groups is 2. The summed E-state index contributed by atoms with van der Waals surface area (Å²) in [6.07, 6.45) is 1.33. The Balaban J connectivity index is 1.45. The van der Waals surface area contributed by atoms with Crippen LogP contribution in [-0.2, 0) is 16.8 Å². The lowest BCUT2D eigenvalue weighted by Crippen LogP contribution is -2.47. The van der Waals surface area contributed by atoms with Crippen LogP contribution in [0.15, 0.2) is 48.5 Å². The van der Waals surface area contributed by atoms with Crippen LogP contribution in [0.4, 0.5) is 4.79 Å². The number of aliphatic hydroxyl groups is 1. The number of aliphatic hydroxyl groups excluding tert-OH is 1. The number of aryl methyl sites for hydroxylation is 2. The smallest absolute Gasteiger partial charge is 0.325 e. The van der Waals surface area contributed by atoms with Crippen molar-refractivity contribution < 1.29 is 19.4 Å². The summed E-state index contributed by atoms with van der Waals surface area (Å²) in [5.74, 6) is 0.346. The molecule has 4 rings (SSSR count). The van der Waals surface area contributed by atoms with Crippen molar-refractivity contribution in [1.29, 1.82) is 0 Å². The fourth-order valence-electron chi connectivity index (χ4n) is 4.07. The van der Waals surface area contributed by atoms with Crippen molar-refractivity contribution in [1.82, 2.24) is 10.2 Å². The molecule has 2 aromatic carbocycles. The third kappa shape index (κ3) is 3.24. The Morgan fingerprint density at radius 3 is 2.71 bits per heavy atom. The van der Waals surface area contributed by atoms with E-state index in [1.807, 2.05) is 55.5 Å². The maximum Gasteiger partial charge on any atom is 0.325 e. The van der Waals surface area contributed by atoms with Crippen LogP contribution in [-0.4, -0.2) is 41.2 Å². The lowest BCUT2D eigenvalue weighted by atomic mass is 9.76. The number of hydrogen-bond acceptors (Lipinski definition) is 4. The molecule has 0 unspecified atom stereocenters. The predicted molar refractivity (Wildman–Crippen MR) is 104 cm³/mol. The second-order valence-electron chi connectivity index (χ2n) is 7.54. The van der Waals surface area contributed by atoms with E-state index in [4.69, 9.17) is 4.74 Å². The number of urea groups is 1. The first-order chi connectivity index (χ1) is 13.5. The van der Waals surface area contributed by atoms with Crippen LogP contribution in [0.1, 0.15) is 29.5 Å². The molecule has 6 nitrogen and oxygen atoms in total. The van der Waals surface area contributed by atoms with Crippen molar-refractivity contribution >= 4 is 11.9 Å². The molecule has 1 fully saturated rings. The van der Waals surface area contributed by atoms with Crippen molar-refractivity contribution in [3.63, 3.8) is 0 Å². The van der Waals surface area contributed by atoms with Gasteiger partial charge in [0.05, 0.1) is 6.54 Å². The van der Waals surface area contributed by atoms with Gasteiger partial charge in [0, 0.05) is 0 Å². The number of nitrogens with zero attached hydrogens (tertiary/aromatic N) is 1. The van der Waals surface area contributed by atoms with Gasteiger partial charge in [-0.1, -0.05) is 42.0 Å². The molecule has 3 amide bonds. The zero-order valence-corrected chi connectivity index (χ0v) is 15.9. The van der Waals surface area contributed by atoms with Crippen molar-refractivity contribution in [2.45, 2.75) is 37.8 Å². The van der Waals surface area contributed by atoms with Gasteiger partial charge in [0.2, 0.25) is 0 Å². The number of fused-ring (bicyclic) bond motifs is 2. The minimum absolute atomic E-state index is 0.00368. The number of amides is 3. The van der Waals surface area contributed by atoms with Gasteiger partial charge in [-0.15, -0.1) is 0 Å². The van der Waals surface area contributed by atoms with E-state index in [0.29, 0.717) is 12.2 Å². The van der Waals surface area contributed by atoms with Gasteiger partial charge in [0.1, 0.15) is 24.0 Å². The van der Waals surface area contributed by atoms with Gasteiger partial charge in [0.15, 0.2) is 0 Å². The fourth-order valence-corrected chi connectivity index (χ4v) is 4.07. The SMILES string of the molecule is Cc1ccc(OC[C@H](O)CN2C(=O)N[C@]3(CCCc4ccccc43)C2=O)cc1. The fraction of sp³-hybridized carbons (Fsp3) is 0.364. The second-order valence-corrected chi connectivity index (χ2v) is 7.54. The highest BCUT2D eigenvalue weighted by molar-refractivity contribution is 6.07. The predicted octanol–water partition coefficient (Wildman–Crippen LogP) is 2.52. The second kappa shape index (κ2) is 7.28. The number of rotatable bonds is 5. The lowest BCUT2D eigenvalue weighted by molar-refractivity contribution is -0.133. The van der Waals surface area contributed by atoms with Crippen molar-refractivity contribution in [2.75, 3.05) is 13.2 Å². The van der Waals surface area contributed by atoms with Crippen LogP contribution < -0.4 is 10.1 Å². The molecule has 0 radical (unpaired) electrons. The average molecular weight is 380 g/mol. The minimum atomic E-state index is -1.01. The Morgan fingerprint density at radius 1 is 1.18 bits per heavy atom. The summed E-state index contributed by atoms with van der Waals surface area (Å²) in [5, 5.41) is 13.2. The molecule has 1 aliphatic heterocycles. The Labute approximate surface area is 164 Å². The monoisotopic (exact) mass is 380 g/mol. The van der Waals surface area contributed by atoms with Gasteiger partial charge in [-0.25, -0.2) is 4.79 Å². The first-order valence-corrected chi connectivity index (χ1v) is 9.60.